The van der Waals surface area contributed by atoms with Crippen LogP contribution in [0.2, 0.25) is 5.02 Å². The third-order valence-electron chi connectivity index (χ3n) is 4.84. The van der Waals surface area contributed by atoms with E-state index >= 15 is 0 Å². The Bertz CT molecular complexity index is 1400. The van der Waals surface area contributed by atoms with Crippen LogP contribution in [0.5, 0.6) is 5.75 Å². The van der Waals surface area contributed by atoms with E-state index in [1.54, 1.807) is 23.6 Å². The molecule has 4 aromatic rings. The fourth-order valence-corrected chi connectivity index (χ4v) is 5.72. The number of hydrogen-bond acceptors (Lipinski definition) is 5. The van der Waals surface area contributed by atoms with Crippen LogP contribution >= 0.6 is 22.9 Å². The summed E-state index contributed by atoms with van der Waals surface area (Å²) in [5, 5.41) is 0.578. The summed E-state index contributed by atoms with van der Waals surface area (Å²) in [5.41, 5.74) is 1.49. The molecule has 0 bridgehead atoms. The number of benzene rings is 3. The van der Waals surface area contributed by atoms with Gasteiger partial charge in [0.1, 0.15) is 12.4 Å². The van der Waals surface area contributed by atoms with E-state index in [0.29, 0.717) is 27.5 Å². The van der Waals surface area contributed by atoms with Gasteiger partial charge in [-0.3, -0.25) is 9.36 Å². The minimum Gasteiger partial charge on any atom is -0.492 e. The first kappa shape index (κ1) is 22.5. The molecular weight excluding hydrogens is 468 g/mol. The molecule has 4 rings (SSSR count). The van der Waals surface area contributed by atoms with Gasteiger partial charge in [-0.25, -0.2) is 13.1 Å². The van der Waals surface area contributed by atoms with Gasteiger partial charge in [0.05, 0.1) is 27.7 Å². The predicted molar refractivity (Wildman–Crippen MR) is 128 cm³/mol. The Morgan fingerprint density at radius 2 is 1.78 bits per heavy atom. The molecule has 166 valence electrons. The van der Waals surface area contributed by atoms with Crippen LogP contribution in [0, 0.1) is 0 Å². The zero-order valence-corrected chi connectivity index (χ0v) is 19.6. The maximum absolute atomic E-state index is 12.9. The number of aromatic nitrogens is 1. The fourth-order valence-electron chi connectivity index (χ4n) is 3.27. The molecule has 0 saturated carbocycles. The largest absolute Gasteiger partial charge is 0.492 e. The van der Waals surface area contributed by atoms with Gasteiger partial charge in [0.2, 0.25) is 10.0 Å². The molecular formula is C23H21ClN2O4S2. The van der Waals surface area contributed by atoms with Crippen LogP contribution in [0.4, 0.5) is 0 Å². The van der Waals surface area contributed by atoms with Crippen molar-refractivity contribution in [2.45, 2.75) is 24.4 Å². The Labute approximate surface area is 195 Å². The normalized spacial score (nSPS) is 12.7. The molecule has 0 radical (unpaired) electrons. The lowest BCUT2D eigenvalue weighted by Crippen LogP contribution is -2.36. The van der Waals surface area contributed by atoms with Crippen LogP contribution in [0.25, 0.3) is 10.2 Å². The molecule has 6 nitrogen and oxygen atoms in total. The van der Waals surface area contributed by atoms with Gasteiger partial charge in [0.15, 0.2) is 0 Å². The van der Waals surface area contributed by atoms with Gasteiger partial charge in [-0.2, -0.15) is 0 Å². The predicted octanol–water partition coefficient (Wildman–Crippen LogP) is 4.51. The molecule has 0 saturated heterocycles. The summed E-state index contributed by atoms with van der Waals surface area (Å²) in [7, 11) is -3.78. The molecule has 1 aromatic heterocycles. The number of thiazole rings is 1. The number of para-hydroxylation sites is 1. The molecule has 0 fully saturated rings. The number of fused-ring (bicyclic) bond motifs is 1. The Hall–Kier alpha value is -2.65. The molecule has 1 N–H and O–H groups in total. The maximum Gasteiger partial charge on any atom is 0.308 e. The van der Waals surface area contributed by atoms with E-state index in [-0.39, 0.29) is 16.4 Å². The van der Waals surface area contributed by atoms with Crippen LogP contribution < -0.4 is 14.3 Å². The standard InChI is InChI=1S/C23H21ClN2O4S2/c1-16(15-30-18-8-3-2-4-9-18)25-32(28,29)19-11-12-21-22(13-19)31-23(27)26(21)14-17-7-5-6-10-20(17)24/h2-13,16,25H,14-15H2,1H3/t16-/m1/s1. The second kappa shape index (κ2) is 9.46. The summed E-state index contributed by atoms with van der Waals surface area (Å²) in [6, 6.07) is 20.8. The summed E-state index contributed by atoms with van der Waals surface area (Å²) in [5.74, 6) is 0.671. The zero-order chi connectivity index (χ0) is 22.7. The van der Waals surface area contributed by atoms with Gasteiger partial charge in [-0.15, -0.1) is 0 Å². The lowest BCUT2D eigenvalue weighted by Gasteiger charge is -2.15. The van der Waals surface area contributed by atoms with E-state index in [0.717, 1.165) is 16.9 Å². The summed E-state index contributed by atoms with van der Waals surface area (Å²) >= 11 is 7.24. The second-order valence-electron chi connectivity index (χ2n) is 7.32. The first-order chi connectivity index (χ1) is 15.3. The second-order valence-corrected chi connectivity index (χ2v) is 10.4. The van der Waals surface area contributed by atoms with Crippen molar-refractivity contribution in [2.75, 3.05) is 6.61 Å². The topological polar surface area (TPSA) is 77.4 Å². The molecule has 32 heavy (non-hydrogen) atoms. The van der Waals surface area contributed by atoms with Gasteiger partial charge < -0.3 is 4.74 Å². The van der Waals surface area contributed by atoms with Crippen molar-refractivity contribution >= 4 is 43.2 Å². The molecule has 1 heterocycles. The third kappa shape index (κ3) is 5.05. The van der Waals surface area contributed by atoms with Crippen LogP contribution in [0.3, 0.4) is 0 Å². The van der Waals surface area contributed by atoms with E-state index < -0.39 is 16.1 Å². The summed E-state index contributed by atoms with van der Waals surface area (Å²) < 4.78 is 36.2. The number of rotatable bonds is 8. The summed E-state index contributed by atoms with van der Waals surface area (Å²) in [4.78, 5) is 12.5. The van der Waals surface area contributed by atoms with Gasteiger partial charge in [-0.1, -0.05) is 59.3 Å². The molecule has 0 spiro atoms. The number of halogens is 1. The van der Waals surface area contributed by atoms with Crippen LogP contribution in [0.15, 0.2) is 82.5 Å². The van der Waals surface area contributed by atoms with Gasteiger partial charge in [-0.05, 0) is 48.9 Å². The van der Waals surface area contributed by atoms with Crippen molar-refractivity contribution in [3.8, 4) is 5.75 Å². The Morgan fingerprint density at radius 1 is 1.06 bits per heavy atom. The molecule has 0 unspecified atom stereocenters. The van der Waals surface area contributed by atoms with Crippen molar-refractivity contribution in [1.82, 2.24) is 9.29 Å². The minimum absolute atomic E-state index is 0.0997. The Balaban J connectivity index is 1.53. The molecule has 0 aliphatic heterocycles. The highest BCUT2D eigenvalue weighted by Gasteiger charge is 2.20. The number of hydrogen-bond donors (Lipinski definition) is 1. The number of sulfonamides is 1. The first-order valence-corrected chi connectivity index (χ1v) is 12.6. The monoisotopic (exact) mass is 488 g/mol. The van der Waals surface area contributed by atoms with Crippen molar-refractivity contribution in [3.63, 3.8) is 0 Å². The van der Waals surface area contributed by atoms with Crippen LogP contribution in [-0.2, 0) is 16.6 Å². The molecule has 0 aliphatic rings. The Morgan fingerprint density at radius 3 is 2.53 bits per heavy atom. The van der Waals surface area contributed by atoms with Crippen molar-refractivity contribution in [3.05, 3.63) is 93.0 Å². The summed E-state index contributed by atoms with van der Waals surface area (Å²) in [6.45, 7) is 2.24. The lowest BCUT2D eigenvalue weighted by molar-refractivity contribution is 0.287. The van der Waals surface area contributed by atoms with Gasteiger partial charge in [0.25, 0.3) is 0 Å². The van der Waals surface area contributed by atoms with Crippen LogP contribution in [-0.4, -0.2) is 25.6 Å². The summed E-state index contributed by atoms with van der Waals surface area (Å²) in [6.07, 6.45) is 0. The van der Waals surface area contributed by atoms with Crippen LogP contribution in [0.1, 0.15) is 12.5 Å². The van der Waals surface area contributed by atoms with Gasteiger partial charge >= 0.3 is 4.87 Å². The highest BCUT2D eigenvalue weighted by atomic mass is 35.5. The zero-order valence-electron chi connectivity index (χ0n) is 17.2. The number of nitrogens with one attached hydrogen (secondary N) is 1. The quantitative estimate of drug-likeness (QED) is 0.396. The highest BCUT2D eigenvalue weighted by molar-refractivity contribution is 7.89. The van der Waals surface area contributed by atoms with E-state index in [4.69, 9.17) is 16.3 Å². The van der Waals surface area contributed by atoms with E-state index in [1.807, 2.05) is 48.5 Å². The SMILES string of the molecule is C[C@H](COc1ccccc1)NS(=O)(=O)c1ccc2c(c1)sc(=O)n2Cc1ccccc1Cl. The molecule has 0 amide bonds. The first-order valence-electron chi connectivity index (χ1n) is 9.90. The molecule has 9 heteroatoms. The maximum atomic E-state index is 12.9. The van der Waals surface area contributed by atoms with Crippen molar-refractivity contribution in [1.29, 1.82) is 0 Å². The third-order valence-corrected chi connectivity index (χ3v) is 7.73. The van der Waals surface area contributed by atoms with Crippen molar-refractivity contribution < 1.29 is 13.2 Å². The average molecular weight is 489 g/mol. The molecule has 0 aliphatic carbocycles. The average Bonchev–Trinajstić information content (AvgIpc) is 3.08. The minimum atomic E-state index is -3.78. The highest BCUT2D eigenvalue weighted by Crippen LogP contribution is 2.24. The van der Waals surface area contributed by atoms with E-state index in [1.165, 1.54) is 12.1 Å². The van der Waals surface area contributed by atoms with E-state index in [2.05, 4.69) is 4.72 Å². The van der Waals surface area contributed by atoms with Crippen molar-refractivity contribution in [2.24, 2.45) is 0 Å². The molecule has 3 aromatic carbocycles. The molecule has 1 atom stereocenters. The number of ether oxygens (including phenoxy) is 1. The fraction of sp³-hybridized carbons (Fsp3) is 0.174. The smallest absolute Gasteiger partial charge is 0.308 e. The lowest BCUT2D eigenvalue weighted by atomic mass is 10.2. The number of nitrogens with zero attached hydrogens (tertiary/aromatic N) is 1. The van der Waals surface area contributed by atoms with E-state index in [9.17, 15) is 13.2 Å². The van der Waals surface area contributed by atoms with Gasteiger partial charge in [0, 0.05) is 5.02 Å². The Kier molecular flexibility index (Phi) is 6.66.